The van der Waals surface area contributed by atoms with Gasteiger partial charge in [0, 0.05) is 11.3 Å². The molecule has 5 unspecified atom stereocenters. The Hall–Kier alpha value is -0.670. The summed E-state index contributed by atoms with van der Waals surface area (Å²) in [6, 6.07) is 4.22. The minimum atomic E-state index is -0.821. The van der Waals surface area contributed by atoms with E-state index in [1.165, 1.54) is 6.07 Å². The van der Waals surface area contributed by atoms with Crippen LogP contribution in [0, 0.1) is 23.5 Å². The van der Waals surface area contributed by atoms with Crippen LogP contribution >= 0.6 is 11.6 Å². The molecule has 0 aromatic heterocycles. The van der Waals surface area contributed by atoms with E-state index in [4.69, 9.17) is 16.3 Å². The smallest absolute Gasteiger partial charge is 0.162 e. The lowest BCUT2D eigenvalue weighted by Crippen LogP contribution is -2.29. The fourth-order valence-electron chi connectivity index (χ4n) is 2.97. The van der Waals surface area contributed by atoms with Gasteiger partial charge in [-0.05, 0) is 37.8 Å². The molecule has 1 aliphatic heterocycles. The van der Waals surface area contributed by atoms with E-state index in [0.717, 1.165) is 6.07 Å². The molecule has 5 atom stereocenters. The first-order valence-corrected chi connectivity index (χ1v) is 7.08. The predicted octanol–water partition coefficient (Wildman–Crippen LogP) is 4.17. The van der Waals surface area contributed by atoms with Crippen LogP contribution in [-0.4, -0.2) is 17.6 Å². The molecule has 106 valence electrons. The number of alkyl halides is 1. The maximum atomic E-state index is 13.7. The fraction of sp³-hybridized carbons (Fsp3) is 0.600. The van der Waals surface area contributed by atoms with Crippen molar-refractivity contribution in [2.24, 2.45) is 11.8 Å². The monoisotopic (exact) mass is 288 g/mol. The first kappa shape index (κ1) is 14.7. The van der Waals surface area contributed by atoms with Gasteiger partial charge >= 0.3 is 0 Å². The molecule has 1 heterocycles. The van der Waals surface area contributed by atoms with Crippen LogP contribution in [0.5, 0.6) is 0 Å². The summed E-state index contributed by atoms with van der Waals surface area (Å²) in [6.07, 6.45) is 0.517. The van der Waals surface area contributed by atoms with E-state index >= 15 is 0 Å². The standard InChI is InChI=1S/C15H19ClF2O/c1-8-9(2)19-10(3)14(8)12(16)7-11-5-4-6-13(17)15(11)18/h4-6,8-10,12,14H,7H2,1-3H3. The molecule has 1 saturated heterocycles. The van der Waals surface area contributed by atoms with Gasteiger partial charge in [-0.3, -0.25) is 0 Å². The molecule has 1 fully saturated rings. The molecule has 0 radical (unpaired) electrons. The molecule has 0 saturated carbocycles. The summed E-state index contributed by atoms with van der Waals surface area (Å²) < 4.78 is 32.6. The van der Waals surface area contributed by atoms with Crippen LogP contribution in [0.15, 0.2) is 18.2 Å². The Balaban J connectivity index is 2.13. The summed E-state index contributed by atoms with van der Waals surface area (Å²) in [5, 5.41) is -0.258. The van der Waals surface area contributed by atoms with Gasteiger partial charge in [0.05, 0.1) is 12.2 Å². The molecule has 19 heavy (non-hydrogen) atoms. The van der Waals surface area contributed by atoms with Crippen molar-refractivity contribution in [2.75, 3.05) is 0 Å². The Morgan fingerprint density at radius 1 is 1.21 bits per heavy atom. The van der Waals surface area contributed by atoms with Crippen molar-refractivity contribution in [3.63, 3.8) is 0 Å². The molecular weight excluding hydrogens is 270 g/mol. The molecule has 2 rings (SSSR count). The third-order valence-electron chi connectivity index (χ3n) is 4.18. The maximum Gasteiger partial charge on any atom is 0.162 e. The van der Waals surface area contributed by atoms with E-state index in [2.05, 4.69) is 6.92 Å². The van der Waals surface area contributed by atoms with Crippen LogP contribution in [-0.2, 0) is 11.2 Å². The topological polar surface area (TPSA) is 9.23 Å². The predicted molar refractivity (Wildman–Crippen MR) is 72.4 cm³/mol. The van der Waals surface area contributed by atoms with Crippen LogP contribution in [0.25, 0.3) is 0 Å². The third kappa shape index (κ3) is 2.92. The molecule has 0 aliphatic carbocycles. The van der Waals surface area contributed by atoms with Gasteiger partial charge in [-0.2, -0.15) is 0 Å². The van der Waals surface area contributed by atoms with Crippen molar-refractivity contribution in [3.05, 3.63) is 35.4 Å². The molecule has 4 heteroatoms. The number of benzene rings is 1. The van der Waals surface area contributed by atoms with E-state index in [1.54, 1.807) is 6.07 Å². The summed E-state index contributed by atoms with van der Waals surface area (Å²) >= 11 is 6.43. The van der Waals surface area contributed by atoms with Gasteiger partial charge in [-0.1, -0.05) is 19.1 Å². The maximum absolute atomic E-state index is 13.7. The van der Waals surface area contributed by atoms with Crippen LogP contribution in [0.3, 0.4) is 0 Å². The molecule has 1 nitrogen and oxygen atoms in total. The molecule has 0 spiro atoms. The Morgan fingerprint density at radius 3 is 2.47 bits per heavy atom. The highest BCUT2D eigenvalue weighted by molar-refractivity contribution is 6.21. The summed E-state index contributed by atoms with van der Waals surface area (Å²) in [5.74, 6) is -1.15. The highest BCUT2D eigenvalue weighted by Gasteiger charge is 2.41. The molecule has 0 N–H and O–H groups in total. The number of ether oxygens (including phenoxy) is 1. The Kier molecular flexibility index (Phi) is 4.46. The second kappa shape index (κ2) is 5.76. The van der Waals surface area contributed by atoms with Gasteiger partial charge in [0.1, 0.15) is 0 Å². The molecular formula is C15H19ClF2O. The summed E-state index contributed by atoms with van der Waals surface area (Å²) in [5.41, 5.74) is 0.332. The Morgan fingerprint density at radius 2 is 1.89 bits per heavy atom. The van der Waals surface area contributed by atoms with E-state index < -0.39 is 11.6 Å². The Labute approximate surface area is 117 Å². The first-order chi connectivity index (χ1) is 8.91. The van der Waals surface area contributed by atoms with Crippen LogP contribution < -0.4 is 0 Å². The SMILES string of the molecule is CC1OC(C)C(C(Cl)Cc2cccc(F)c2F)C1C. The van der Waals surface area contributed by atoms with Crippen LogP contribution in [0.1, 0.15) is 26.3 Å². The van der Waals surface area contributed by atoms with Crippen molar-refractivity contribution < 1.29 is 13.5 Å². The van der Waals surface area contributed by atoms with E-state index in [9.17, 15) is 8.78 Å². The molecule has 0 bridgehead atoms. The van der Waals surface area contributed by atoms with Crippen molar-refractivity contribution in [1.82, 2.24) is 0 Å². The largest absolute Gasteiger partial charge is 0.375 e. The Bertz CT molecular complexity index is 452. The van der Waals surface area contributed by atoms with Gasteiger partial charge < -0.3 is 4.74 Å². The van der Waals surface area contributed by atoms with E-state index in [0.29, 0.717) is 17.9 Å². The highest BCUT2D eigenvalue weighted by atomic mass is 35.5. The second-order valence-electron chi connectivity index (χ2n) is 5.42. The average Bonchev–Trinajstić information content (AvgIpc) is 2.59. The van der Waals surface area contributed by atoms with Crippen LogP contribution in [0.4, 0.5) is 8.78 Å². The number of hydrogen-bond donors (Lipinski definition) is 0. The highest BCUT2D eigenvalue weighted by Crippen LogP contribution is 2.38. The summed E-state index contributed by atoms with van der Waals surface area (Å²) in [6.45, 7) is 6.10. The summed E-state index contributed by atoms with van der Waals surface area (Å²) in [4.78, 5) is 0. The lowest BCUT2D eigenvalue weighted by atomic mass is 9.84. The van der Waals surface area contributed by atoms with Gasteiger partial charge in [-0.25, -0.2) is 8.78 Å². The van der Waals surface area contributed by atoms with Gasteiger partial charge in [0.25, 0.3) is 0 Å². The molecule has 1 aliphatic rings. The van der Waals surface area contributed by atoms with Crippen molar-refractivity contribution in [1.29, 1.82) is 0 Å². The number of hydrogen-bond acceptors (Lipinski definition) is 1. The van der Waals surface area contributed by atoms with Gasteiger partial charge in [-0.15, -0.1) is 11.6 Å². The number of halogens is 3. The zero-order valence-electron chi connectivity index (χ0n) is 11.4. The summed E-state index contributed by atoms with van der Waals surface area (Å²) in [7, 11) is 0. The zero-order chi connectivity index (χ0) is 14.2. The van der Waals surface area contributed by atoms with Gasteiger partial charge in [0.15, 0.2) is 11.6 Å². The van der Waals surface area contributed by atoms with E-state index in [1.807, 2.05) is 13.8 Å². The third-order valence-corrected chi connectivity index (χ3v) is 4.63. The van der Waals surface area contributed by atoms with Crippen LogP contribution in [0.2, 0.25) is 0 Å². The molecule has 1 aromatic carbocycles. The lowest BCUT2D eigenvalue weighted by Gasteiger charge is -2.24. The minimum absolute atomic E-state index is 0.0455. The van der Waals surface area contributed by atoms with E-state index in [-0.39, 0.29) is 23.5 Å². The zero-order valence-corrected chi connectivity index (χ0v) is 12.1. The normalized spacial score (nSPS) is 32.5. The lowest BCUT2D eigenvalue weighted by molar-refractivity contribution is 0.0508. The van der Waals surface area contributed by atoms with Gasteiger partial charge in [0.2, 0.25) is 0 Å². The first-order valence-electron chi connectivity index (χ1n) is 6.64. The molecule has 0 amide bonds. The fourth-order valence-corrected chi connectivity index (χ4v) is 3.57. The number of rotatable bonds is 3. The second-order valence-corrected chi connectivity index (χ2v) is 5.98. The quantitative estimate of drug-likeness (QED) is 0.759. The minimum Gasteiger partial charge on any atom is -0.375 e. The van der Waals surface area contributed by atoms with Crippen molar-refractivity contribution >= 4 is 11.6 Å². The van der Waals surface area contributed by atoms with Crippen molar-refractivity contribution in [2.45, 2.75) is 44.8 Å². The van der Waals surface area contributed by atoms with Crippen molar-refractivity contribution in [3.8, 4) is 0 Å². The molecule has 1 aromatic rings. The average molecular weight is 289 g/mol.